The van der Waals surface area contributed by atoms with Crippen LogP contribution in [0.2, 0.25) is 0 Å². The van der Waals surface area contributed by atoms with Gasteiger partial charge in [0.15, 0.2) is 0 Å². The fraction of sp³-hybridized carbons (Fsp3) is 0.727. The van der Waals surface area contributed by atoms with Gasteiger partial charge in [0.05, 0.1) is 12.2 Å². The van der Waals surface area contributed by atoms with Gasteiger partial charge in [0, 0.05) is 12.0 Å². The number of carboxylic acid groups (broad SMARTS) is 1. The lowest BCUT2D eigenvalue weighted by Crippen LogP contribution is -2.66. The van der Waals surface area contributed by atoms with Crippen molar-refractivity contribution in [2.24, 2.45) is 0 Å². The summed E-state index contributed by atoms with van der Waals surface area (Å²) >= 11 is 0. The van der Waals surface area contributed by atoms with Crippen molar-refractivity contribution in [3.05, 3.63) is 11.6 Å². The molecule has 0 amide bonds. The van der Waals surface area contributed by atoms with Crippen LogP contribution in [0, 0.1) is 0 Å². The summed E-state index contributed by atoms with van der Waals surface area (Å²) in [7, 11) is 0. The molecule has 0 fully saturated rings. The van der Waals surface area contributed by atoms with Gasteiger partial charge in [0.1, 0.15) is 17.3 Å². The highest BCUT2D eigenvalue weighted by Gasteiger charge is 2.56. The number of rotatable bonds is 3. The van der Waals surface area contributed by atoms with Crippen LogP contribution in [0.15, 0.2) is 11.6 Å². The lowest BCUT2D eigenvalue weighted by atomic mass is 9.69. The highest BCUT2D eigenvalue weighted by molar-refractivity contribution is 5.87. The van der Waals surface area contributed by atoms with E-state index in [-0.39, 0.29) is 5.57 Å². The molecule has 7 heteroatoms. The molecule has 7 nitrogen and oxygen atoms in total. The van der Waals surface area contributed by atoms with Crippen molar-refractivity contribution in [2.75, 3.05) is 0 Å². The normalized spacial score (nSPS) is 39.9. The van der Waals surface area contributed by atoms with E-state index in [1.807, 2.05) is 0 Å². The third-order valence-corrected chi connectivity index (χ3v) is 3.46. The predicted molar refractivity (Wildman–Crippen MR) is 59.6 cm³/mol. The Balaban J connectivity index is 3.36. The molecule has 0 saturated carbocycles. The van der Waals surface area contributed by atoms with Crippen LogP contribution >= 0.6 is 0 Å². The Morgan fingerprint density at radius 3 is 2.17 bits per heavy atom. The van der Waals surface area contributed by atoms with Gasteiger partial charge in [-0.15, -0.1) is 0 Å². The monoisotopic (exact) mass is 262 g/mol. The quantitative estimate of drug-likeness (QED) is 0.345. The van der Waals surface area contributed by atoms with Gasteiger partial charge in [-0.1, -0.05) is 0 Å². The van der Waals surface area contributed by atoms with Crippen LogP contribution in [0.4, 0.5) is 0 Å². The van der Waals surface area contributed by atoms with E-state index >= 15 is 0 Å². The second-order valence-electron chi connectivity index (χ2n) is 4.78. The molecule has 0 aromatic carbocycles. The minimum absolute atomic E-state index is 0.382. The molecule has 1 rings (SSSR count). The smallest absolute Gasteiger partial charge is 0.331 e. The van der Waals surface area contributed by atoms with Crippen LogP contribution in [-0.2, 0) is 4.79 Å². The average Bonchev–Trinajstić information content (AvgIpc) is 2.24. The van der Waals surface area contributed by atoms with Gasteiger partial charge in [-0.05, 0) is 19.9 Å². The zero-order chi connectivity index (χ0) is 14.3. The molecule has 5 unspecified atom stereocenters. The molecule has 1 aliphatic rings. The first-order chi connectivity index (χ1) is 8.05. The van der Waals surface area contributed by atoms with E-state index in [9.17, 15) is 30.3 Å². The largest absolute Gasteiger partial charge is 0.478 e. The maximum absolute atomic E-state index is 10.9. The van der Waals surface area contributed by atoms with Crippen LogP contribution in [0.25, 0.3) is 0 Å². The minimum atomic E-state index is -2.34. The SMILES string of the molecule is CC(O)C1(O)C=C(C(=O)O)CC(O)(C(C)O)C1O. The first-order valence-corrected chi connectivity index (χ1v) is 5.49. The van der Waals surface area contributed by atoms with Crippen LogP contribution in [0.1, 0.15) is 20.3 Å². The number of hydrogen-bond acceptors (Lipinski definition) is 6. The van der Waals surface area contributed by atoms with Gasteiger partial charge >= 0.3 is 5.97 Å². The van der Waals surface area contributed by atoms with Gasteiger partial charge in [0.25, 0.3) is 0 Å². The Morgan fingerprint density at radius 1 is 1.33 bits per heavy atom. The molecule has 0 heterocycles. The van der Waals surface area contributed by atoms with Gasteiger partial charge in [-0.25, -0.2) is 4.79 Å². The first kappa shape index (κ1) is 15.1. The summed E-state index contributed by atoms with van der Waals surface area (Å²) < 4.78 is 0. The molecular formula is C11H18O7. The zero-order valence-corrected chi connectivity index (χ0v) is 10.1. The molecule has 0 spiro atoms. The number of carboxylic acids is 1. The second-order valence-corrected chi connectivity index (χ2v) is 4.78. The highest BCUT2D eigenvalue weighted by Crippen LogP contribution is 2.38. The Kier molecular flexibility index (Phi) is 3.85. The fourth-order valence-electron chi connectivity index (χ4n) is 2.07. The van der Waals surface area contributed by atoms with Crippen LogP contribution < -0.4 is 0 Å². The summed E-state index contributed by atoms with van der Waals surface area (Å²) in [6.07, 6.45) is -4.64. The molecular weight excluding hydrogens is 244 g/mol. The summed E-state index contributed by atoms with van der Waals surface area (Å²) in [5.74, 6) is -1.40. The van der Waals surface area contributed by atoms with Gasteiger partial charge < -0.3 is 30.6 Å². The number of aliphatic carboxylic acids is 1. The number of aliphatic hydroxyl groups excluding tert-OH is 3. The van der Waals surface area contributed by atoms with Crippen molar-refractivity contribution in [2.45, 2.75) is 49.8 Å². The minimum Gasteiger partial charge on any atom is -0.478 e. The maximum atomic E-state index is 10.9. The molecule has 0 radical (unpaired) electrons. The molecule has 0 aliphatic heterocycles. The molecule has 0 aromatic heterocycles. The third kappa shape index (κ3) is 2.15. The Hall–Kier alpha value is -0.990. The van der Waals surface area contributed by atoms with E-state index in [1.54, 1.807) is 0 Å². The summed E-state index contributed by atoms with van der Waals surface area (Å²) in [4.78, 5) is 10.9. The lowest BCUT2D eigenvalue weighted by Gasteiger charge is -2.47. The summed E-state index contributed by atoms with van der Waals surface area (Å²) in [5, 5.41) is 58.1. The van der Waals surface area contributed by atoms with Crippen molar-refractivity contribution in [3.63, 3.8) is 0 Å². The topological polar surface area (TPSA) is 138 Å². The van der Waals surface area contributed by atoms with Gasteiger partial charge in [-0.2, -0.15) is 0 Å². The lowest BCUT2D eigenvalue weighted by molar-refractivity contribution is -0.220. The molecule has 1 aliphatic carbocycles. The fourth-order valence-corrected chi connectivity index (χ4v) is 2.07. The molecule has 0 bridgehead atoms. The van der Waals surface area contributed by atoms with Crippen molar-refractivity contribution >= 4 is 5.97 Å². The summed E-state index contributed by atoms with van der Waals surface area (Å²) in [5.41, 5.74) is -4.96. The van der Waals surface area contributed by atoms with Crippen LogP contribution in [0.3, 0.4) is 0 Å². The average molecular weight is 262 g/mol. The molecule has 18 heavy (non-hydrogen) atoms. The van der Waals surface area contributed by atoms with Gasteiger partial charge in [0.2, 0.25) is 0 Å². The Labute approximate surface area is 104 Å². The Bertz CT molecular complexity index is 376. The Morgan fingerprint density at radius 2 is 1.83 bits per heavy atom. The molecule has 104 valence electrons. The first-order valence-electron chi connectivity index (χ1n) is 5.49. The van der Waals surface area contributed by atoms with Crippen LogP contribution in [0.5, 0.6) is 0 Å². The van der Waals surface area contributed by atoms with E-state index < -0.39 is 41.9 Å². The van der Waals surface area contributed by atoms with Crippen molar-refractivity contribution in [1.29, 1.82) is 0 Å². The standard InChI is InChI=1S/C11H18O7/c1-5(12)10(17)3-7(8(14)15)4-11(18,6(2)13)9(10)16/h3,5-6,9,12-13,16-18H,4H2,1-2H3,(H,14,15). The van der Waals surface area contributed by atoms with E-state index in [2.05, 4.69) is 0 Å². The zero-order valence-electron chi connectivity index (χ0n) is 10.1. The molecule has 0 aromatic rings. The third-order valence-electron chi connectivity index (χ3n) is 3.46. The van der Waals surface area contributed by atoms with Gasteiger partial charge in [-0.3, -0.25) is 0 Å². The second kappa shape index (κ2) is 4.60. The van der Waals surface area contributed by atoms with Crippen molar-refractivity contribution in [3.8, 4) is 0 Å². The number of aliphatic hydroxyl groups is 5. The van der Waals surface area contributed by atoms with E-state index in [0.29, 0.717) is 0 Å². The summed E-state index contributed by atoms with van der Waals surface area (Å²) in [6.45, 7) is 2.31. The highest BCUT2D eigenvalue weighted by atomic mass is 16.4. The molecule has 5 atom stereocenters. The predicted octanol–water partition coefficient (Wildman–Crippen LogP) is -2.01. The molecule has 0 saturated heterocycles. The van der Waals surface area contributed by atoms with E-state index in [1.165, 1.54) is 0 Å². The van der Waals surface area contributed by atoms with Crippen LogP contribution in [-0.4, -0.2) is 66.1 Å². The maximum Gasteiger partial charge on any atom is 0.331 e. The number of carbonyl (C=O) groups is 1. The van der Waals surface area contributed by atoms with E-state index in [0.717, 1.165) is 19.9 Å². The summed E-state index contributed by atoms with van der Waals surface area (Å²) in [6, 6.07) is 0. The van der Waals surface area contributed by atoms with Crippen molar-refractivity contribution < 1.29 is 35.4 Å². The van der Waals surface area contributed by atoms with E-state index in [4.69, 9.17) is 5.11 Å². The molecule has 6 N–H and O–H groups in total. The van der Waals surface area contributed by atoms with Crippen molar-refractivity contribution in [1.82, 2.24) is 0 Å². The number of hydrogen-bond donors (Lipinski definition) is 6.